The Bertz CT molecular complexity index is 551. The van der Waals surface area contributed by atoms with Crippen LogP contribution < -0.4 is 4.90 Å². The molecule has 0 amide bonds. The second-order valence-electron chi connectivity index (χ2n) is 5.11. The van der Waals surface area contributed by atoms with Crippen molar-refractivity contribution in [3.05, 3.63) is 54.4 Å². The summed E-state index contributed by atoms with van der Waals surface area (Å²) >= 11 is 0. The van der Waals surface area contributed by atoms with Gasteiger partial charge in [-0.25, -0.2) is 0 Å². The van der Waals surface area contributed by atoms with Crippen molar-refractivity contribution >= 4 is 5.69 Å². The molecule has 1 aromatic heterocycles. The number of benzene rings is 1. The minimum atomic E-state index is 0.369. The fourth-order valence-corrected chi connectivity index (χ4v) is 2.63. The highest BCUT2D eigenvalue weighted by atomic mass is 16.3. The minimum Gasteiger partial charge on any atom is -0.506 e. The first-order valence-electron chi connectivity index (χ1n) is 6.97. The van der Waals surface area contributed by atoms with Gasteiger partial charge in [0.25, 0.3) is 0 Å². The molecule has 4 nitrogen and oxygen atoms in total. The van der Waals surface area contributed by atoms with Gasteiger partial charge in [-0.15, -0.1) is 0 Å². The Kier molecular flexibility index (Phi) is 3.83. The second kappa shape index (κ2) is 5.92. The summed E-state index contributed by atoms with van der Waals surface area (Å²) in [5.74, 6) is 0.369. The van der Waals surface area contributed by atoms with Crippen LogP contribution in [0.3, 0.4) is 0 Å². The van der Waals surface area contributed by atoms with Gasteiger partial charge in [0.2, 0.25) is 0 Å². The molecule has 2 aromatic rings. The van der Waals surface area contributed by atoms with Crippen LogP contribution in [0.1, 0.15) is 5.56 Å². The average molecular weight is 269 g/mol. The number of pyridine rings is 1. The first kappa shape index (κ1) is 12.9. The number of phenols is 1. The number of hydrogen-bond acceptors (Lipinski definition) is 4. The number of nitrogens with zero attached hydrogens (tertiary/aromatic N) is 3. The van der Waals surface area contributed by atoms with Gasteiger partial charge in [0.15, 0.2) is 0 Å². The minimum absolute atomic E-state index is 0.369. The molecule has 0 unspecified atom stereocenters. The molecular formula is C16H19N3O. The molecule has 0 atom stereocenters. The van der Waals surface area contributed by atoms with Crippen molar-refractivity contribution in [2.24, 2.45) is 0 Å². The van der Waals surface area contributed by atoms with Gasteiger partial charge >= 0.3 is 0 Å². The van der Waals surface area contributed by atoms with Crippen LogP contribution in [0.2, 0.25) is 0 Å². The monoisotopic (exact) mass is 269 g/mol. The van der Waals surface area contributed by atoms with E-state index in [1.165, 1.54) is 5.56 Å². The number of phenolic OH excluding ortho intramolecular Hbond substituents is 1. The second-order valence-corrected chi connectivity index (χ2v) is 5.11. The number of piperazine rings is 1. The molecular weight excluding hydrogens is 250 g/mol. The predicted molar refractivity (Wildman–Crippen MR) is 79.8 cm³/mol. The lowest BCUT2D eigenvalue weighted by molar-refractivity contribution is 0.249. The van der Waals surface area contributed by atoms with Crippen molar-refractivity contribution in [1.82, 2.24) is 9.88 Å². The average Bonchev–Trinajstić information content (AvgIpc) is 2.50. The quantitative estimate of drug-likeness (QED) is 0.926. The largest absolute Gasteiger partial charge is 0.506 e. The maximum absolute atomic E-state index is 9.90. The van der Waals surface area contributed by atoms with Gasteiger partial charge in [0, 0.05) is 45.1 Å². The number of rotatable bonds is 3. The van der Waals surface area contributed by atoms with Gasteiger partial charge < -0.3 is 10.0 Å². The first-order chi connectivity index (χ1) is 9.83. The van der Waals surface area contributed by atoms with Crippen molar-refractivity contribution < 1.29 is 5.11 Å². The van der Waals surface area contributed by atoms with E-state index in [-0.39, 0.29) is 0 Å². The van der Waals surface area contributed by atoms with Crippen LogP contribution in [0.4, 0.5) is 5.69 Å². The summed E-state index contributed by atoms with van der Waals surface area (Å²) < 4.78 is 0. The number of aromatic nitrogens is 1. The summed E-state index contributed by atoms with van der Waals surface area (Å²) in [6.07, 6.45) is 3.73. The summed E-state index contributed by atoms with van der Waals surface area (Å²) in [5.41, 5.74) is 2.19. The van der Waals surface area contributed by atoms with E-state index < -0.39 is 0 Å². The van der Waals surface area contributed by atoms with Gasteiger partial charge in [-0.1, -0.05) is 18.2 Å². The van der Waals surface area contributed by atoms with Gasteiger partial charge in [0.05, 0.1) is 5.69 Å². The molecule has 2 heterocycles. The molecule has 1 fully saturated rings. The third-order valence-electron chi connectivity index (χ3n) is 3.72. The zero-order valence-electron chi connectivity index (χ0n) is 11.4. The van der Waals surface area contributed by atoms with Crippen molar-refractivity contribution in [2.75, 3.05) is 31.1 Å². The SMILES string of the molecule is Oc1ccccc1N1CCN(Cc2cccnc2)CC1. The van der Waals surface area contributed by atoms with E-state index >= 15 is 0 Å². The molecule has 1 N–H and O–H groups in total. The maximum atomic E-state index is 9.90. The zero-order valence-corrected chi connectivity index (χ0v) is 11.4. The summed E-state index contributed by atoms with van der Waals surface area (Å²) in [5, 5.41) is 9.90. The molecule has 4 heteroatoms. The molecule has 3 rings (SSSR count). The fraction of sp³-hybridized carbons (Fsp3) is 0.312. The molecule has 0 saturated carbocycles. The third-order valence-corrected chi connectivity index (χ3v) is 3.72. The Morgan fingerprint density at radius 3 is 2.50 bits per heavy atom. The van der Waals surface area contributed by atoms with Gasteiger partial charge in [-0.05, 0) is 23.8 Å². The van der Waals surface area contributed by atoms with Crippen LogP contribution >= 0.6 is 0 Å². The van der Waals surface area contributed by atoms with Gasteiger partial charge in [0.1, 0.15) is 5.75 Å². The molecule has 104 valence electrons. The van der Waals surface area contributed by atoms with Crippen molar-refractivity contribution in [3.8, 4) is 5.75 Å². The highest BCUT2D eigenvalue weighted by Crippen LogP contribution is 2.27. The third kappa shape index (κ3) is 2.91. The summed E-state index contributed by atoms with van der Waals surface area (Å²) in [4.78, 5) is 8.82. The smallest absolute Gasteiger partial charge is 0.138 e. The topological polar surface area (TPSA) is 39.6 Å². The molecule has 1 aliphatic rings. The van der Waals surface area contributed by atoms with E-state index in [4.69, 9.17) is 0 Å². The lowest BCUT2D eigenvalue weighted by atomic mass is 10.2. The first-order valence-corrected chi connectivity index (χ1v) is 6.97. The molecule has 20 heavy (non-hydrogen) atoms. The Morgan fingerprint density at radius 2 is 1.80 bits per heavy atom. The Hall–Kier alpha value is -2.07. The normalized spacial score (nSPS) is 16.3. The van der Waals surface area contributed by atoms with E-state index in [9.17, 15) is 5.11 Å². The Balaban J connectivity index is 1.59. The highest BCUT2D eigenvalue weighted by Gasteiger charge is 2.18. The van der Waals surface area contributed by atoms with Crippen LogP contribution in [0.25, 0.3) is 0 Å². The van der Waals surface area contributed by atoms with E-state index in [1.54, 1.807) is 12.3 Å². The van der Waals surface area contributed by atoms with E-state index in [1.807, 2.05) is 30.5 Å². The van der Waals surface area contributed by atoms with Crippen LogP contribution in [0, 0.1) is 0 Å². The lowest BCUT2D eigenvalue weighted by Gasteiger charge is -2.36. The molecule has 1 aromatic carbocycles. The Morgan fingerprint density at radius 1 is 1.00 bits per heavy atom. The number of anilines is 1. The van der Waals surface area contributed by atoms with Crippen molar-refractivity contribution in [3.63, 3.8) is 0 Å². The molecule has 1 aliphatic heterocycles. The van der Waals surface area contributed by atoms with Crippen molar-refractivity contribution in [2.45, 2.75) is 6.54 Å². The maximum Gasteiger partial charge on any atom is 0.138 e. The summed E-state index contributed by atoms with van der Waals surface area (Å²) in [6.45, 7) is 4.84. The molecule has 1 saturated heterocycles. The van der Waals surface area contributed by atoms with Crippen LogP contribution in [0.15, 0.2) is 48.8 Å². The zero-order chi connectivity index (χ0) is 13.8. The number of para-hydroxylation sites is 2. The van der Waals surface area contributed by atoms with Crippen LogP contribution in [-0.2, 0) is 6.54 Å². The van der Waals surface area contributed by atoms with Crippen LogP contribution in [0.5, 0.6) is 5.75 Å². The predicted octanol–water partition coefficient (Wildman–Crippen LogP) is 2.11. The molecule has 0 bridgehead atoms. The van der Waals surface area contributed by atoms with Crippen LogP contribution in [-0.4, -0.2) is 41.2 Å². The molecule has 0 aliphatic carbocycles. The highest BCUT2D eigenvalue weighted by molar-refractivity contribution is 5.57. The summed E-state index contributed by atoms with van der Waals surface area (Å²) in [6, 6.07) is 11.6. The number of aromatic hydroxyl groups is 1. The van der Waals surface area contributed by atoms with Crippen molar-refractivity contribution in [1.29, 1.82) is 0 Å². The fourth-order valence-electron chi connectivity index (χ4n) is 2.63. The van der Waals surface area contributed by atoms with E-state index in [0.717, 1.165) is 38.4 Å². The molecule has 0 radical (unpaired) electrons. The summed E-state index contributed by atoms with van der Waals surface area (Å²) in [7, 11) is 0. The molecule has 0 spiro atoms. The van der Waals surface area contributed by atoms with Gasteiger partial charge in [-0.3, -0.25) is 9.88 Å². The number of hydrogen-bond donors (Lipinski definition) is 1. The van der Waals surface area contributed by atoms with E-state index in [0.29, 0.717) is 5.75 Å². The van der Waals surface area contributed by atoms with E-state index in [2.05, 4.69) is 20.9 Å². The van der Waals surface area contributed by atoms with Gasteiger partial charge in [-0.2, -0.15) is 0 Å². The lowest BCUT2D eigenvalue weighted by Crippen LogP contribution is -2.46. The standard InChI is InChI=1S/C16H19N3O/c20-16-6-2-1-5-15(16)19-10-8-18(9-11-19)13-14-4-3-7-17-12-14/h1-7,12,20H,8-11,13H2. The Labute approximate surface area is 119 Å².